The molecule has 0 unspecified atom stereocenters. The maximum atomic E-state index is 12.8. The van der Waals surface area contributed by atoms with Crippen LogP contribution in [0.4, 0.5) is 22.0 Å². The number of rotatable bonds is 2. The van der Waals surface area contributed by atoms with Crippen LogP contribution in [0.1, 0.15) is 10.4 Å². The molecule has 0 saturated heterocycles. The van der Waals surface area contributed by atoms with Crippen LogP contribution in [-0.2, 0) is 0 Å². The number of ether oxygens (including phenoxy) is 1. The molecule has 0 bridgehead atoms. The lowest BCUT2D eigenvalue weighted by Gasteiger charge is -2.10. The third kappa shape index (κ3) is 2.90. The third-order valence-electron chi connectivity index (χ3n) is 1.37. The van der Waals surface area contributed by atoms with Gasteiger partial charge in [0.15, 0.2) is 11.6 Å². The van der Waals surface area contributed by atoms with Crippen LogP contribution in [-0.4, -0.2) is 12.6 Å². The molecule has 15 heavy (non-hydrogen) atoms. The molecule has 7 heteroatoms. The molecule has 0 amide bonds. The summed E-state index contributed by atoms with van der Waals surface area (Å²) in [4.78, 5) is 10.1. The van der Waals surface area contributed by atoms with E-state index in [-0.39, 0.29) is 6.29 Å². The van der Waals surface area contributed by atoms with Crippen molar-refractivity contribution in [3.8, 4) is 5.75 Å². The van der Waals surface area contributed by atoms with E-state index in [0.717, 1.165) is 0 Å². The molecule has 1 aromatic rings. The Hall–Kier alpha value is -1.66. The van der Waals surface area contributed by atoms with E-state index in [1.165, 1.54) is 0 Å². The fraction of sp³-hybridized carbons (Fsp3) is 0.125. The molecular formula is C8H3F5O2. The van der Waals surface area contributed by atoms with Crippen molar-refractivity contribution in [3.05, 3.63) is 29.3 Å². The number of aldehydes is 1. The minimum Gasteiger partial charge on any atom is -0.399 e. The first kappa shape index (κ1) is 11.4. The van der Waals surface area contributed by atoms with E-state index < -0.39 is 29.3 Å². The van der Waals surface area contributed by atoms with Gasteiger partial charge >= 0.3 is 6.36 Å². The van der Waals surface area contributed by atoms with Crippen LogP contribution in [0.2, 0.25) is 0 Å². The Morgan fingerprint density at radius 3 is 1.93 bits per heavy atom. The molecule has 0 aromatic heterocycles. The molecular weight excluding hydrogens is 223 g/mol. The average molecular weight is 226 g/mol. The standard InChI is InChI=1S/C8H3F5O2/c9-5-1-4(3-14)2-6(10)7(5)15-8(11,12)13/h1-3H. The molecule has 82 valence electrons. The summed E-state index contributed by atoms with van der Waals surface area (Å²) in [6.45, 7) is 0. The van der Waals surface area contributed by atoms with Crippen LogP contribution < -0.4 is 4.74 Å². The summed E-state index contributed by atoms with van der Waals surface area (Å²) >= 11 is 0. The SMILES string of the molecule is O=Cc1cc(F)c(OC(F)(F)F)c(F)c1. The summed E-state index contributed by atoms with van der Waals surface area (Å²) in [5, 5.41) is 0. The summed E-state index contributed by atoms with van der Waals surface area (Å²) in [7, 11) is 0. The van der Waals surface area contributed by atoms with Crippen LogP contribution in [0.5, 0.6) is 5.75 Å². The first-order valence-corrected chi connectivity index (χ1v) is 3.53. The lowest BCUT2D eigenvalue weighted by Crippen LogP contribution is -2.19. The number of hydrogen-bond acceptors (Lipinski definition) is 2. The first-order chi connectivity index (χ1) is 6.83. The molecule has 0 radical (unpaired) electrons. The third-order valence-corrected chi connectivity index (χ3v) is 1.37. The highest BCUT2D eigenvalue weighted by Crippen LogP contribution is 2.28. The summed E-state index contributed by atoms with van der Waals surface area (Å²) in [5.74, 6) is -4.75. The lowest BCUT2D eigenvalue weighted by molar-refractivity contribution is -0.276. The van der Waals surface area contributed by atoms with Gasteiger partial charge in [0.2, 0.25) is 5.75 Å². The predicted octanol–water partition coefficient (Wildman–Crippen LogP) is 2.68. The van der Waals surface area contributed by atoms with Crippen LogP contribution in [0.15, 0.2) is 12.1 Å². The number of carbonyl (C=O) groups is 1. The Kier molecular flexibility index (Phi) is 2.92. The van der Waals surface area contributed by atoms with Crippen molar-refractivity contribution in [2.75, 3.05) is 0 Å². The van der Waals surface area contributed by atoms with Gasteiger partial charge in [-0.05, 0) is 12.1 Å². The number of carbonyl (C=O) groups excluding carboxylic acids is 1. The van der Waals surface area contributed by atoms with Gasteiger partial charge in [-0.1, -0.05) is 0 Å². The van der Waals surface area contributed by atoms with E-state index in [4.69, 9.17) is 0 Å². The van der Waals surface area contributed by atoms with E-state index in [2.05, 4.69) is 4.74 Å². The van der Waals surface area contributed by atoms with Gasteiger partial charge in [-0.15, -0.1) is 13.2 Å². The lowest BCUT2D eigenvalue weighted by atomic mass is 10.2. The van der Waals surface area contributed by atoms with Gasteiger partial charge in [-0.25, -0.2) is 8.78 Å². The second kappa shape index (κ2) is 3.84. The highest BCUT2D eigenvalue weighted by molar-refractivity contribution is 5.75. The molecule has 1 rings (SSSR count). The molecule has 0 atom stereocenters. The van der Waals surface area contributed by atoms with Crippen LogP contribution >= 0.6 is 0 Å². The molecule has 0 aliphatic heterocycles. The molecule has 0 fully saturated rings. The average Bonchev–Trinajstić information content (AvgIpc) is 2.09. The van der Waals surface area contributed by atoms with E-state index in [1.807, 2.05) is 0 Å². The van der Waals surface area contributed by atoms with Crippen molar-refractivity contribution < 1.29 is 31.5 Å². The number of hydrogen-bond donors (Lipinski definition) is 0. The van der Waals surface area contributed by atoms with Crippen LogP contribution in [0.25, 0.3) is 0 Å². The molecule has 0 saturated carbocycles. The quantitative estimate of drug-likeness (QED) is 0.572. The first-order valence-electron chi connectivity index (χ1n) is 3.53. The monoisotopic (exact) mass is 226 g/mol. The highest BCUT2D eigenvalue weighted by atomic mass is 19.4. The van der Waals surface area contributed by atoms with Gasteiger partial charge < -0.3 is 4.74 Å². The van der Waals surface area contributed by atoms with Gasteiger partial charge in [-0.3, -0.25) is 4.79 Å². The topological polar surface area (TPSA) is 26.3 Å². The van der Waals surface area contributed by atoms with Gasteiger partial charge in [0.25, 0.3) is 0 Å². The minimum absolute atomic E-state index is 0.101. The Morgan fingerprint density at radius 1 is 1.13 bits per heavy atom. The smallest absolute Gasteiger partial charge is 0.399 e. The summed E-state index contributed by atoms with van der Waals surface area (Å²) in [5.41, 5.74) is -0.417. The fourth-order valence-electron chi connectivity index (χ4n) is 0.861. The predicted molar refractivity (Wildman–Crippen MR) is 38.4 cm³/mol. The van der Waals surface area contributed by atoms with E-state index in [9.17, 15) is 26.7 Å². The normalized spacial score (nSPS) is 11.3. The van der Waals surface area contributed by atoms with E-state index in [1.54, 1.807) is 0 Å². The minimum atomic E-state index is -5.19. The van der Waals surface area contributed by atoms with Gasteiger partial charge in [0.1, 0.15) is 6.29 Å². The molecule has 0 N–H and O–H groups in total. The zero-order valence-electron chi connectivity index (χ0n) is 6.94. The van der Waals surface area contributed by atoms with Gasteiger partial charge in [0, 0.05) is 5.56 Å². The van der Waals surface area contributed by atoms with Crippen LogP contribution in [0, 0.1) is 11.6 Å². The van der Waals surface area contributed by atoms with E-state index >= 15 is 0 Å². The number of halogens is 5. The molecule has 0 aliphatic carbocycles. The van der Waals surface area contributed by atoms with Gasteiger partial charge in [0.05, 0.1) is 0 Å². The molecule has 0 aliphatic rings. The highest BCUT2D eigenvalue weighted by Gasteiger charge is 2.34. The van der Waals surface area contributed by atoms with Crippen molar-refractivity contribution in [1.29, 1.82) is 0 Å². The molecule has 0 spiro atoms. The fourth-order valence-corrected chi connectivity index (χ4v) is 0.861. The van der Waals surface area contributed by atoms with Crippen molar-refractivity contribution in [2.45, 2.75) is 6.36 Å². The summed E-state index contributed by atoms with van der Waals surface area (Å²) < 4.78 is 63.7. The van der Waals surface area contributed by atoms with E-state index in [0.29, 0.717) is 12.1 Å². The van der Waals surface area contributed by atoms with Crippen molar-refractivity contribution in [3.63, 3.8) is 0 Å². The molecule has 0 heterocycles. The number of alkyl halides is 3. The van der Waals surface area contributed by atoms with Crippen molar-refractivity contribution in [2.24, 2.45) is 0 Å². The summed E-state index contributed by atoms with van der Waals surface area (Å²) in [6.07, 6.45) is -5.09. The Labute approximate surface area is 80.3 Å². The number of benzene rings is 1. The Morgan fingerprint density at radius 2 is 1.60 bits per heavy atom. The molecule has 2 nitrogen and oxygen atoms in total. The second-order valence-electron chi connectivity index (χ2n) is 2.48. The zero-order valence-corrected chi connectivity index (χ0v) is 6.94. The van der Waals surface area contributed by atoms with Crippen LogP contribution in [0.3, 0.4) is 0 Å². The maximum absolute atomic E-state index is 12.8. The Bertz CT molecular complexity index is 362. The Balaban J connectivity index is 3.14. The van der Waals surface area contributed by atoms with Gasteiger partial charge in [-0.2, -0.15) is 0 Å². The largest absolute Gasteiger partial charge is 0.573 e. The maximum Gasteiger partial charge on any atom is 0.573 e. The summed E-state index contributed by atoms with van der Waals surface area (Å²) in [6, 6.07) is 0.883. The van der Waals surface area contributed by atoms with Crippen molar-refractivity contribution >= 4 is 6.29 Å². The second-order valence-corrected chi connectivity index (χ2v) is 2.48. The zero-order chi connectivity index (χ0) is 11.6. The van der Waals surface area contributed by atoms with Crippen molar-refractivity contribution in [1.82, 2.24) is 0 Å². The molecule has 1 aromatic carbocycles.